The van der Waals surface area contributed by atoms with E-state index in [2.05, 4.69) is 12.2 Å². The highest BCUT2D eigenvalue weighted by Gasteiger charge is 2.14. The molecule has 0 radical (unpaired) electrons. The molecule has 0 aromatic rings. The molecule has 1 unspecified atom stereocenters. The third-order valence-corrected chi connectivity index (χ3v) is 2.44. The Morgan fingerprint density at radius 1 is 1.29 bits per heavy atom. The lowest BCUT2D eigenvalue weighted by Gasteiger charge is -2.12. The third-order valence-electron chi connectivity index (χ3n) is 2.03. The van der Waals surface area contributed by atoms with Gasteiger partial charge in [0.25, 0.3) is 0 Å². The van der Waals surface area contributed by atoms with E-state index in [-0.39, 0.29) is 17.3 Å². The molecule has 0 bridgehead atoms. The van der Waals surface area contributed by atoms with E-state index < -0.39 is 0 Å². The standard InChI is InChI=1S/C11H22ClNO/c1-4-5-6-7-8-10(12)11(14)13-9(2)3/h9-10H,4-8H2,1-3H3,(H,13,14). The summed E-state index contributed by atoms with van der Waals surface area (Å²) in [6, 6.07) is 0.180. The molecule has 1 N–H and O–H groups in total. The Balaban J connectivity index is 3.52. The Labute approximate surface area is 92.4 Å². The summed E-state index contributed by atoms with van der Waals surface area (Å²) in [5.74, 6) is -0.0295. The van der Waals surface area contributed by atoms with Crippen LogP contribution in [0.3, 0.4) is 0 Å². The van der Waals surface area contributed by atoms with Crippen molar-refractivity contribution in [3.8, 4) is 0 Å². The van der Waals surface area contributed by atoms with Crippen LogP contribution in [0.4, 0.5) is 0 Å². The quantitative estimate of drug-likeness (QED) is 0.518. The fourth-order valence-electron chi connectivity index (χ4n) is 1.26. The van der Waals surface area contributed by atoms with Crippen molar-refractivity contribution in [3.63, 3.8) is 0 Å². The van der Waals surface area contributed by atoms with E-state index in [1.165, 1.54) is 19.3 Å². The molecule has 0 spiro atoms. The number of alkyl halides is 1. The molecule has 0 saturated carbocycles. The van der Waals surface area contributed by atoms with Crippen LogP contribution in [-0.2, 0) is 4.79 Å². The largest absolute Gasteiger partial charge is 0.353 e. The van der Waals surface area contributed by atoms with Crippen molar-refractivity contribution >= 4 is 17.5 Å². The molecule has 0 heterocycles. The number of unbranched alkanes of at least 4 members (excludes halogenated alkanes) is 3. The molecule has 0 fully saturated rings. The van der Waals surface area contributed by atoms with E-state index in [0.29, 0.717) is 0 Å². The highest BCUT2D eigenvalue weighted by atomic mass is 35.5. The number of hydrogen-bond acceptors (Lipinski definition) is 1. The highest BCUT2D eigenvalue weighted by molar-refractivity contribution is 6.30. The van der Waals surface area contributed by atoms with Crippen LogP contribution in [0.15, 0.2) is 0 Å². The lowest BCUT2D eigenvalue weighted by molar-refractivity contribution is -0.121. The average Bonchev–Trinajstić information content (AvgIpc) is 2.11. The van der Waals surface area contributed by atoms with Crippen LogP contribution < -0.4 is 5.32 Å². The summed E-state index contributed by atoms with van der Waals surface area (Å²) in [5, 5.41) is 2.46. The number of carbonyl (C=O) groups excluding carboxylic acids is 1. The van der Waals surface area contributed by atoms with Gasteiger partial charge >= 0.3 is 0 Å². The Hall–Kier alpha value is -0.240. The molecule has 1 amide bonds. The van der Waals surface area contributed by atoms with Crippen molar-refractivity contribution in [1.29, 1.82) is 0 Å². The Morgan fingerprint density at radius 3 is 2.43 bits per heavy atom. The molecule has 0 aromatic carbocycles. The van der Waals surface area contributed by atoms with Crippen LogP contribution in [0.1, 0.15) is 52.9 Å². The second-order valence-corrected chi connectivity index (χ2v) is 4.51. The van der Waals surface area contributed by atoms with Gasteiger partial charge in [0, 0.05) is 6.04 Å². The second kappa shape index (κ2) is 8.10. The fraction of sp³-hybridized carbons (Fsp3) is 0.909. The predicted octanol–water partition coefficient (Wildman–Crippen LogP) is 3.09. The molecule has 0 aromatic heterocycles. The SMILES string of the molecule is CCCCCCC(Cl)C(=O)NC(C)C. The van der Waals surface area contributed by atoms with E-state index in [1.807, 2.05) is 13.8 Å². The van der Waals surface area contributed by atoms with Gasteiger partial charge < -0.3 is 5.32 Å². The smallest absolute Gasteiger partial charge is 0.238 e. The maximum absolute atomic E-state index is 11.4. The first kappa shape index (κ1) is 13.8. The van der Waals surface area contributed by atoms with Crippen LogP contribution in [-0.4, -0.2) is 17.3 Å². The van der Waals surface area contributed by atoms with Gasteiger partial charge in [-0.05, 0) is 20.3 Å². The zero-order chi connectivity index (χ0) is 11.0. The predicted molar refractivity (Wildman–Crippen MR) is 61.7 cm³/mol. The average molecular weight is 220 g/mol. The normalized spacial score (nSPS) is 12.9. The van der Waals surface area contributed by atoms with Crippen LogP contribution in [0.5, 0.6) is 0 Å². The molecule has 0 rings (SSSR count). The van der Waals surface area contributed by atoms with E-state index in [9.17, 15) is 4.79 Å². The molecular formula is C11H22ClNO. The van der Waals surface area contributed by atoms with Gasteiger partial charge in [-0.15, -0.1) is 11.6 Å². The summed E-state index contributed by atoms with van der Waals surface area (Å²) in [4.78, 5) is 11.4. The van der Waals surface area contributed by atoms with Crippen molar-refractivity contribution < 1.29 is 4.79 Å². The molecule has 84 valence electrons. The van der Waals surface area contributed by atoms with Gasteiger partial charge in [0.2, 0.25) is 5.91 Å². The van der Waals surface area contributed by atoms with Crippen molar-refractivity contribution in [1.82, 2.24) is 5.32 Å². The first-order valence-electron chi connectivity index (χ1n) is 5.52. The first-order chi connectivity index (χ1) is 6.57. The van der Waals surface area contributed by atoms with Crippen molar-refractivity contribution in [3.05, 3.63) is 0 Å². The minimum Gasteiger partial charge on any atom is -0.353 e. The van der Waals surface area contributed by atoms with E-state index >= 15 is 0 Å². The molecule has 0 aliphatic heterocycles. The van der Waals surface area contributed by atoms with Crippen molar-refractivity contribution in [2.45, 2.75) is 64.3 Å². The summed E-state index contributed by atoms with van der Waals surface area (Å²) in [7, 11) is 0. The van der Waals surface area contributed by atoms with E-state index in [1.54, 1.807) is 0 Å². The fourth-order valence-corrected chi connectivity index (χ4v) is 1.47. The lowest BCUT2D eigenvalue weighted by Crippen LogP contribution is -2.36. The van der Waals surface area contributed by atoms with Gasteiger partial charge in [0.1, 0.15) is 5.38 Å². The molecular weight excluding hydrogens is 198 g/mol. The maximum atomic E-state index is 11.4. The van der Waals surface area contributed by atoms with Crippen LogP contribution >= 0.6 is 11.6 Å². The lowest BCUT2D eigenvalue weighted by atomic mass is 10.1. The number of amides is 1. The summed E-state index contributed by atoms with van der Waals surface area (Å²) < 4.78 is 0. The van der Waals surface area contributed by atoms with E-state index in [0.717, 1.165) is 12.8 Å². The van der Waals surface area contributed by atoms with Crippen LogP contribution in [0, 0.1) is 0 Å². The Morgan fingerprint density at radius 2 is 1.93 bits per heavy atom. The van der Waals surface area contributed by atoms with Crippen LogP contribution in [0.25, 0.3) is 0 Å². The zero-order valence-electron chi connectivity index (χ0n) is 9.48. The Bertz CT molecular complexity index is 159. The molecule has 0 saturated heterocycles. The number of rotatable bonds is 7. The second-order valence-electron chi connectivity index (χ2n) is 3.98. The number of hydrogen-bond donors (Lipinski definition) is 1. The van der Waals surface area contributed by atoms with Gasteiger partial charge in [-0.1, -0.05) is 32.6 Å². The number of carbonyl (C=O) groups is 1. The minimum atomic E-state index is -0.353. The molecule has 2 nitrogen and oxygen atoms in total. The number of halogens is 1. The molecule has 14 heavy (non-hydrogen) atoms. The van der Waals surface area contributed by atoms with Gasteiger partial charge in [0.15, 0.2) is 0 Å². The topological polar surface area (TPSA) is 29.1 Å². The summed E-state index contributed by atoms with van der Waals surface area (Å²) in [5.41, 5.74) is 0. The monoisotopic (exact) mass is 219 g/mol. The van der Waals surface area contributed by atoms with Crippen molar-refractivity contribution in [2.75, 3.05) is 0 Å². The highest BCUT2D eigenvalue weighted by Crippen LogP contribution is 2.10. The molecule has 3 heteroatoms. The summed E-state index contributed by atoms with van der Waals surface area (Å²) >= 11 is 5.94. The third kappa shape index (κ3) is 7.19. The van der Waals surface area contributed by atoms with Gasteiger partial charge in [-0.25, -0.2) is 0 Å². The van der Waals surface area contributed by atoms with Gasteiger partial charge in [-0.3, -0.25) is 4.79 Å². The van der Waals surface area contributed by atoms with Gasteiger partial charge in [0.05, 0.1) is 0 Å². The molecule has 0 aliphatic rings. The minimum absolute atomic E-state index is 0.0295. The first-order valence-corrected chi connectivity index (χ1v) is 5.96. The zero-order valence-corrected chi connectivity index (χ0v) is 10.2. The van der Waals surface area contributed by atoms with Crippen LogP contribution in [0.2, 0.25) is 0 Å². The molecule has 0 aliphatic carbocycles. The summed E-state index contributed by atoms with van der Waals surface area (Å²) in [6.45, 7) is 6.06. The van der Waals surface area contributed by atoms with Crippen molar-refractivity contribution in [2.24, 2.45) is 0 Å². The van der Waals surface area contributed by atoms with E-state index in [4.69, 9.17) is 11.6 Å². The summed E-state index contributed by atoms with van der Waals surface area (Å²) in [6.07, 6.45) is 5.46. The molecule has 1 atom stereocenters. The Kier molecular flexibility index (Phi) is 7.96. The number of nitrogens with one attached hydrogen (secondary N) is 1. The maximum Gasteiger partial charge on any atom is 0.238 e. The van der Waals surface area contributed by atoms with Gasteiger partial charge in [-0.2, -0.15) is 0 Å².